The minimum atomic E-state index is -0.954. The van der Waals surface area contributed by atoms with E-state index in [2.05, 4.69) is 0 Å². The Morgan fingerprint density at radius 1 is 1.05 bits per heavy atom. The summed E-state index contributed by atoms with van der Waals surface area (Å²) in [6.07, 6.45) is 0.714. The smallest absolute Gasteiger partial charge is 0.316 e. The van der Waals surface area contributed by atoms with Gasteiger partial charge in [0.25, 0.3) is 0 Å². The van der Waals surface area contributed by atoms with Crippen molar-refractivity contribution in [2.45, 2.75) is 46.6 Å². The number of hydrogen-bond donors (Lipinski definition) is 1. The average Bonchev–Trinajstić information content (AvgIpc) is 2.46. The number of fused-ring (bicyclic) bond motifs is 1. The Morgan fingerprint density at radius 2 is 1.64 bits per heavy atom. The predicted molar refractivity (Wildman–Crippen MR) is 88.9 cm³/mol. The molecule has 0 spiro atoms. The van der Waals surface area contributed by atoms with Gasteiger partial charge < -0.3 is 9.84 Å². The Bertz CT molecular complexity index is 693. The van der Waals surface area contributed by atoms with Gasteiger partial charge in [-0.2, -0.15) is 0 Å². The number of aliphatic hydroxyl groups is 1. The lowest BCUT2D eigenvalue weighted by Gasteiger charge is -2.23. The fraction of sp³-hybridized carbons (Fsp3) is 0.421. The van der Waals surface area contributed by atoms with E-state index < -0.39 is 11.0 Å². The summed E-state index contributed by atoms with van der Waals surface area (Å²) in [5.74, 6) is 0.297. The molecule has 22 heavy (non-hydrogen) atoms. The predicted octanol–water partition coefficient (Wildman–Crippen LogP) is 4.41. The van der Waals surface area contributed by atoms with Crippen molar-refractivity contribution in [2.75, 3.05) is 0 Å². The van der Waals surface area contributed by atoms with Crippen molar-refractivity contribution in [1.29, 1.82) is 0 Å². The van der Waals surface area contributed by atoms with Crippen LogP contribution in [0.5, 0.6) is 5.75 Å². The van der Waals surface area contributed by atoms with Gasteiger partial charge in [0.2, 0.25) is 0 Å². The average molecular weight is 300 g/mol. The molecular formula is C19H24O3. The lowest BCUT2D eigenvalue weighted by molar-refractivity contribution is -0.144. The van der Waals surface area contributed by atoms with E-state index in [1.54, 1.807) is 19.9 Å². The zero-order valence-electron chi connectivity index (χ0n) is 13.9. The normalized spacial score (nSPS) is 12.5. The van der Waals surface area contributed by atoms with Crippen molar-refractivity contribution in [1.82, 2.24) is 0 Å². The summed E-state index contributed by atoms with van der Waals surface area (Å²) in [4.78, 5) is 12.3. The van der Waals surface area contributed by atoms with Gasteiger partial charge in [-0.3, -0.25) is 4.79 Å². The van der Waals surface area contributed by atoms with Crippen LogP contribution in [0.2, 0.25) is 0 Å². The highest BCUT2D eigenvalue weighted by Crippen LogP contribution is 2.35. The summed E-state index contributed by atoms with van der Waals surface area (Å²) >= 11 is 0. The van der Waals surface area contributed by atoms with Gasteiger partial charge in [-0.15, -0.1) is 0 Å². The van der Waals surface area contributed by atoms with Crippen LogP contribution in [0, 0.1) is 5.41 Å². The van der Waals surface area contributed by atoms with E-state index in [0.717, 1.165) is 16.3 Å². The van der Waals surface area contributed by atoms with Crippen molar-refractivity contribution in [3.05, 3.63) is 42.0 Å². The molecule has 2 rings (SSSR count). The van der Waals surface area contributed by atoms with Gasteiger partial charge in [0.1, 0.15) is 5.75 Å². The monoisotopic (exact) mass is 300 g/mol. The number of carbonyl (C=O) groups is 1. The van der Waals surface area contributed by atoms with Gasteiger partial charge >= 0.3 is 5.97 Å². The summed E-state index contributed by atoms with van der Waals surface area (Å²) in [7, 11) is 0. The Hall–Kier alpha value is -1.87. The molecule has 0 heterocycles. The first kappa shape index (κ1) is 16.5. The maximum atomic E-state index is 12.3. The first-order valence-electron chi connectivity index (χ1n) is 7.63. The molecule has 0 unspecified atom stereocenters. The fourth-order valence-corrected chi connectivity index (χ4v) is 2.28. The minimum absolute atomic E-state index is 0.240. The fourth-order valence-electron chi connectivity index (χ4n) is 2.28. The zero-order valence-corrected chi connectivity index (χ0v) is 13.9. The number of ether oxygens (including phenoxy) is 1. The van der Waals surface area contributed by atoms with Crippen LogP contribution < -0.4 is 4.74 Å². The van der Waals surface area contributed by atoms with Crippen molar-refractivity contribution in [3.8, 4) is 5.75 Å². The molecule has 0 bridgehead atoms. The van der Waals surface area contributed by atoms with Crippen molar-refractivity contribution >= 4 is 16.7 Å². The van der Waals surface area contributed by atoms with E-state index in [9.17, 15) is 9.90 Å². The lowest BCUT2D eigenvalue weighted by atomic mass is 9.90. The van der Waals surface area contributed by atoms with Crippen molar-refractivity contribution in [3.63, 3.8) is 0 Å². The van der Waals surface area contributed by atoms with Gasteiger partial charge in [0.15, 0.2) is 0 Å². The van der Waals surface area contributed by atoms with Gasteiger partial charge in [0.05, 0.1) is 11.0 Å². The van der Waals surface area contributed by atoms with E-state index >= 15 is 0 Å². The molecule has 118 valence electrons. The van der Waals surface area contributed by atoms with Gasteiger partial charge in [0, 0.05) is 5.39 Å². The molecule has 0 saturated carbocycles. The molecule has 2 aromatic carbocycles. The summed E-state index contributed by atoms with van der Waals surface area (Å²) in [5.41, 5.74) is -0.654. The number of benzene rings is 2. The molecule has 0 aliphatic rings. The first-order chi connectivity index (χ1) is 10.2. The number of hydrogen-bond acceptors (Lipinski definition) is 3. The van der Waals surface area contributed by atoms with Gasteiger partial charge in [-0.1, -0.05) is 37.3 Å². The van der Waals surface area contributed by atoms with Crippen LogP contribution in [-0.2, 0) is 10.4 Å². The van der Waals surface area contributed by atoms with Crippen LogP contribution in [0.25, 0.3) is 10.8 Å². The van der Waals surface area contributed by atoms with Crippen LogP contribution in [-0.4, -0.2) is 11.1 Å². The Labute approximate surface area is 131 Å². The second kappa shape index (κ2) is 5.73. The van der Waals surface area contributed by atoms with Gasteiger partial charge in [-0.25, -0.2) is 0 Å². The molecule has 3 heteroatoms. The highest BCUT2D eigenvalue weighted by atomic mass is 16.5. The maximum Gasteiger partial charge on any atom is 0.316 e. The van der Waals surface area contributed by atoms with Crippen molar-refractivity contribution < 1.29 is 14.6 Å². The maximum absolute atomic E-state index is 12.3. The Balaban J connectivity index is 2.52. The summed E-state index contributed by atoms with van der Waals surface area (Å²) in [5, 5.41) is 12.1. The molecule has 0 aromatic heterocycles. The van der Waals surface area contributed by atoms with Crippen LogP contribution in [0.1, 0.15) is 46.6 Å². The molecular weight excluding hydrogens is 276 g/mol. The summed E-state index contributed by atoms with van der Waals surface area (Å²) < 4.78 is 5.63. The largest absolute Gasteiger partial charge is 0.425 e. The minimum Gasteiger partial charge on any atom is -0.425 e. The Morgan fingerprint density at radius 3 is 2.18 bits per heavy atom. The molecule has 2 aromatic rings. The summed E-state index contributed by atoms with van der Waals surface area (Å²) in [6.45, 7) is 9.23. The molecule has 0 aliphatic carbocycles. The van der Waals surface area contributed by atoms with E-state index in [1.165, 1.54) is 0 Å². The molecule has 0 radical (unpaired) electrons. The summed E-state index contributed by atoms with van der Waals surface area (Å²) in [6, 6.07) is 11.2. The highest BCUT2D eigenvalue weighted by Gasteiger charge is 2.28. The second-order valence-corrected chi connectivity index (χ2v) is 6.84. The van der Waals surface area contributed by atoms with Crippen molar-refractivity contribution in [2.24, 2.45) is 5.41 Å². The third-order valence-corrected chi connectivity index (χ3v) is 4.18. The van der Waals surface area contributed by atoms with Crippen LogP contribution >= 0.6 is 0 Å². The number of carbonyl (C=O) groups excluding carboxylic acids is 1. The first-order valence-corrected chi connectivity index (χ1v) is 7.63. The van der Waals surface area contributed by atoms with Crippen LogP contribution in [0.3, 0.4) is 0 Å². The lowest BCUT2D eigenvalue weighted by Crippen LogP contribution is -2.28. The van der Waals surface area contributed by atoms with E-state index in [1.807, 2.05) is 51.1 Å². The number of rotatable bonds is 4. The quantitative estimate of drug-likeness (QED) is 0.672. The Kier molecular flexibility index (Phi) is 4.30. The SMILES string of the molecule is CCC(C)(C)C(=O)Oc1ccc(C(C)(C)O)c2ccccc12. The third kappa shape index (κ3) is 3.14. The third-order valence-electron chi connectivity index (χ3n) is 4.18. The van der Waals surface area contributed by atoms with E-state index in [0.29, 0.717) is 12.2 Å². The molecule has 0 fully saturated rings. The van der Waals surface area contributed by atoms with Crippen LogP contribution in [0.15, 0.2) is 36.4 Å². The molecule has 0 saturated heterocycles. The number of esters is 1. The molecule has 3 nitrogen and oxygen atoms in total. The van der Waals surface area contributed by atoms with Crippen LogP contribution in [0.4, 0.5) is 0 Å². The zero-order chi connectivity index (χ0) is 16.5. The molecule has 0 amide bonds. The highest BCUT2D eigenvalue weighted by molar-refractivity contribution is 5.93. The van der Waals surface area contributed by atoms with Gasteiger partial charge in [-0.05, 0) is 51.1 Å². The molecule has 0 aliphatic heterocycles. The van der Waals surface area contributed by atoms with E-state index in [-0.39, 0.29) is 5.97 Å². The second-order valence-electron chi connectivity index (χ2n) is 6.84. The molecule has 1 N–H and O–H groups in total. The molecule has 0 atom stereocenters. The van der Waals surface area contributed by atoms with E-state index in [4.69, 9.17) is 4.74 Å². The standard InChI is InChI=1S/C19H24O3/c1-6-18(2,3)17(20)22-16-12-11-15(19(4,5)21)13-9-7-8-10-14(13)16/h7-12,21H,6H2,1-5H3. The topological polar surface area (TPSA) is 46.5 Å².